The molecule has 168 valence electrons. The predicted molar refractivity (Wildman–Crippen MR) is 148 cm³/mol. The molecule has 8 aromatic rings. The molecule has 0 amide bonds. The Morgan fingerprint density at radius 2 is 1.36 bits per heavy atom. The molecule has 0 spiro atoms. The van der Waals surface area contributed by atoms with Gasteiger partial charge in [0.25, 0.3) is 0 Å². The first-order valence-corrected chi connectivity index (χ1v) is 12.6. The van der Waals surface area contributed by atoms with Gasteiger partial charge in [0.05, 0.1) is 26.9 Å². The highest BCUT2D eigenvalue weighted by molar-refractivity contribution is 7.26. The molecule has 0 saturated carbocycles. The van der Waals surface area contributed by atoms with E-state index in [9.17, 15) is 0 Å². The largest absolute Gasteiger partial charge is 0.274 e. The second-order valence-corrected chi connectivity index (χ2v) is 9.82. The van der Waals surface area contributed by atoms with Crippen LogP contribution in [0.3, 0.4) is 0 Å². The first-order chi connectivity index (χ1) is 17.9. The Balaban J connectivity index is 1.59. The van der Waals surface area contributed by atoms with Crippen molar-refractivity contribution in [1.29, 1.82) is 0 Å². The number of hydrogen-bond donors (Lipinski definition) is 0. The minimum atomic E-state index is 0.625. The highest BCUT2D eigenvalue weighted by atomic mass is 32.1. The Hall–Kier alpha value is -4.68. The molecule has 0 N–H and O–H groups in total. The van der Waals surface area contributed by atoms with Crippen molar-refractivity contribution in [3.8, 4) is 17.2 Å². The van der Waals surface area contributed by atoms with E-state index in [1.54, 1.807) is 12.4 Å². The van der Waals surface area contributed by atoms with Crippen molar-refractivity contribution in [3.05, 3.63) is 104 Å². The molecule has 36 heavy (non-hydrogen) atoms. The Bertz CT molecular complexity index is 2110. The van der Waals surface area contributed by atoms with E-state index in [0.29, 0.717) is 5.95 Å². The normalized spacial score (nSPS) is 11.9. The second-order valence-electron chi connectivity index (χ2n) is 8.77. The second kappa shape index (κ2) is 7.41. The maximum atomic E-state index is 5.06. The van der Waals surface area contributed by atoms with Crippen LogP contribution in [0.1, 0.15) is 0 Å². The fourth-order valence-corrected chi connectivity index (χ4v) is 6.46. The topological polar surface area (TPSA) is 56.5 Å². The van der Waals surface area contributed by atoms with Gasteiger partial charge in [0.2, 0.25) is 5.95 Å². The van der Waals surface area contributed by atoms with Crippen LogP contribution in [0.4, 0.5) is 0 Å². The van der Waals surface area contributed by atoms with Crippen LogP contribution in [-0.4, -0.2) is 24.5 Å². The van der Waals surface area contributed by atoms with E-state index in [1.807, 2.05) is 47.9 Å². The number of benzene rings is 4. The lowest BCUT2D eigenvalue weighted by molar-refractivity contribution is 0.995. The molecule has 4 aromatic heterocycles. The Morgan fingerprint density at radius 1 is 0.583 bits per heavy atom. The summed E-state index contributed by atoms with van der Waals surface area (Å²) in [6.45, 7) is 0. The fourth-order valence-electron chi connectivity index (χ4n) is 5.22. The molecule has 0 unspecified atom stereocenters. The summed E-state index contributed by atoms with van der Waals surface area (Å²) < 4.78 is 4.67. The van der Waals surface area contributed by atoms with E-state index < -0.39 is 0 Å². The average Bonchev–Trinajstić information content (AvgIpc) is 3.50. The minimum absolute atomic E-state index is 0.625. The SMILES string of the molecule is c1ccc(-c2ccnc(-n3c4c(ccc5nccnc54)c4ccc5c6ccccc6sc5c43)n2)cc1. The van der Waals surface area contributed by atoms with Crippen molar-refractivity contribution in [3.63, 3.8) is 0 Å². The fraction of sp³-hybridized carbons (Fsp3) is 0. The Kier molecular flexibility index (Phi) is 4.03. The zero-order chi connectivity index (χ0) is 23.6. The van der Waals surface area contributed by atoms with E-state index in [2.05, 4.69) is 64.1 Å². The average molecular weight is 480 g/mol. The van der Waals surface area contributed by atoms with Crippen molar-refractivity contribution < 1.29 is 0 Å². The summed E-state index contributed by atoms with van der Waals surface area (Å²) >= 11 is 1.81. The molecule has 0 saturated heterocycles. The highest BCUT2D eigenvalue weighted by Gasteiger charge is 2.21. The Labute approximate surface area is 209 Å². The van der Waals surface area contributed by atoms with Crippen LogP contribution in [-0.2, 0) is 0 Å². The van der Waals surface area contributed by atoms with E-state index in [-0.39, 0.29) is 0 Å². The van der Waals surface area contributed by atoms with E-state index in [4.69, 9.17) is 15.0 Å². The molecule has 0 aliphatic carbocycles. The lowest BCUT2D eigenvalue weighted by Crippen LogP contribution is -2.02. The standard InChI is InChI=1S/C30H17N5S/c1-2-6-18(7-3-1)23-14-15-33-30(34-23)35-27-20(12-13-24-26(27)32-17-16-31-24)21-10-11-22-19-8-4-5-9-25(19)36-29(22)28(21)35/h1-17H. The minimum Gasteiger partial charge on any atom is -0.274 e. The van der Waals surface area contributed by atoms with Gasteiger partial charge >= 0.3 is 0 Å². The lowest BCUT2D eigenvalue weighted by atomic mass is 10.1. The van der Waals surface area contributed by atoms with Crippen LogP contribution in [0, 0.1) is 0 Å². The molecule has 0 radical (unpaired) electrons. The molecule has 0 atom stereocenters. The predicted octanol–water partition coefficient (Wildman–Crippen LogP) is 7.55. The third kappa shape index (κ3) is 2.70. The molecule has 0 fully saturated rings. The maximum absolute atomic E-state index is 5.06. The van der Waals surface area contributed by atoms with Gasteiger partial charge in [-0.15, -0.1) is 11.3 Å². The van der Waals surface area contributed by atoms with Gasteiger partial charge in [-0.25, -0.2) is 9.97 Å². The Morgan fingerprint density at radius 3 is 2.31 bits per heavy atom. The number of aromatic nitrogens is 5. The molecule has 0 aliphatic rings. The van der Waals surface area contributed by atoms with E-state index >= 15 is 0 Å². The summed E-state index contributed by atoms with van der Waals surface area (Å²) in [5, 5.41) is 4.78. The third-order valence-electron chi connectivity index (χ3n) is 6.78. The first-order valence-electron chi connectivity index (χ1n) is 11.7. The number of nitrogens with zero attached hydrogens (tertiary/aromatic N) is 5. The van der Waals surface area contributed by atoms with Gasteiger partial charge in [0.15, 0.2) is 0 Å². The van der Waals surface area contributed by atoms with Crippen molar-refractivity contribution in [2.24, 2.45) is 0 Å². The van der Waals surface area contributed by atoms with Crippen molar-refractivity contribution in [2.45, 2.75) is 0 Å². The summed E-state index contributed by atoms with van der Waals surface area (Å²) in [4.78, 5) is 19.2. The molecule has 0 aliphatic heterocycles. The van der Waals surface area contributed by atoms with Crippen LogP contribution < -0.4 is 0 Å². The van der Waals surface area contributed by atoms with Gasteiger partial charge in [0, 0.05) is 50.4 Å². The van der Waals surface area contributed by atoms with Crippen LogP contribution in [0.25, 0.3) is 70.2 Å². The smallest absolute Gasteiger partial charge is 0.235 e. The molecule has 4 heterocycles. The summed E-state index contributed by atoms with van der Waals surface area (Å²) in [7, 11) is 0. The number of fused-ring (bicyclic) bond motifs is 9. The van der Waals surface area contributed by atoms with Gasteiger partial charge in [-0.1, -0.05) is 60.7 Å². The van der Waals surface area contributed by atoms with Crippen LogP contribution in [0.5, 0.6) is 0 Å². The summed E-state index contributed by atoms with van der Waals surface area (Å²) in [6, 6.07) is 29.4. The van der Waals surface area contributed by atoms with Gasteiger partial charge in [0.1, 0.15) is 5.52 Å². The number of rotatable bonds is 2. The van der Waals surface area contributed by atoms with Crippen LogP contribution in [0.15, 0.2) is 104 Å². The van der Waals surface area contributed by atoms with E-state index in [1.165, 1.54) is 20.2 Å². The zero-order valence-electron chi connectivity index (χ0n) is 19.0. The summed E-state index contributed by atoms with van der Waals surface area (Å²) in [5.74, 6) is 0.625. The van der Waals surface area contributed by atoms with Gasteiger partial charge in [-0.05, 0) is 24.3 Å². The molecule has 6 heteroatoms. The molecule has 8 rings (SSSR count). The maximum Gasteiger partial charge on any atom is 0.235 e. The van der Waals surface area contributed by atoms with Crippen LogP contribution >= 0.6 is 11.3 Å². The summed E-state index contributed by atoms with van der Waals surface area (Å²) in [6.07, 6.45) is 5.32. The van der Waals surface area contributed by atoms with Crippen LogP contribution in [0.2, 0.25) is 0 Å². The first kappa shape index (κ1) is 19.6. The van der Waals surface area contributed by atoms with Crippen molar-refractivity contribution in [1.82, 2.24) is 24.5 Å². The van der Waals surface area contributed by atoms with E-state index in [0.717, 1.165) is 44.1 Å². The monoisotopic (exact) mass is 479 g/mol. The van der Waals surface area contributed by atoms with Gasteiger partial charge in [-0.3, -0.25) is 14.5 Å². The molecule has 5 nitrogen and oxygen atoms in total. The van der Waals surface area contributed by atoms with Gasteiger partial charge < -0.3 is 0 Å². The van der Waals surface area contributed by atoms with Gasteiger partial charge in [-0.2, -0.15) is 0 Å². The molecule has 0 bridgehead atoms. The number of thiophene rings is 1. The molecule has 4 aromatic carbocycles. The zero-order valence-corrected chi connectivity index (χ0v) is 19.8. The highest BCUT2D eigenvalue weighted by Crippen LogP contribution is 2.43. The third-order valence-corrected chi connectivity index (χ3v) is 7.98. The van der Waals surface area contributed by atoms with Crippen molar-refractivity contribution >= 4 is 64.3 Å². The summed E-state index contributed by atoms with van der Waals surface area (Å²) in [5.41, 5.74) is 5.71. The number of hydrogen-bond acceptors (Lipinski definition) is 5. The van der Waals surface area contributed by atoms with Crippen molar-refractivity contribution in [2.75, 3.05) is 0 Å². The molecular weight excluding hydrogens is 462 g/mol. The molecular formula is C30H17N5S. The lowest BCUT2D eigenvalue weighted by Gasteiger charge is -2.09. The quantitative estimate of drug-likeness (QED) is 0.257.